The van der Waals surface area contributed by atoms with Crippen LogP contribution in [0.1, 0.15) is 26.7 Å². The van der Waals surface area contributed by atoms with E-state index in [2.05, 4.69) is 20.9 Å². The summed E-state index contributed by atoms with van der Waals surface area (Å²) in [5.74, 6) is 1.99. The largest absolute Gasteiger partial charge is 0.138 e. The molecule has 1 heterocycles. The van der Waals surface area contributed by atoms with Crippen LogP contribution in [0.4, 0.5) is 0 Å². The van der Waals surface area contributed by atoms with Gasteiger partial charge in [-0.1, -0.05) is 46.6 Å². The average molecular weight is 134 g/mol. The summed E-state index contributed by atoms with van der Waals surface area (Å²) in [5.41, 5.74) is 0. The molecule has 1 fully saturated rings. The molecule has 0 nitrogen and oxygen atoms in total. The van der Waals surface area contributed by atoms with Gasteiger partial charge in [-0.2, -0.15) is 0 Å². The fourth-order valence-electron chi connectivity index (χ4n) is 1.62. The SMILES string of the molecule is [BH3-][B]B1CCCC(C)C1C. The summed E-state index contributed by atoms with van der Waals surface area (Å²) >= 11 is 0. The Hall–Kier alpha value is 0.195. The molecule has 0 spiro atoms. The lowest BCUT2D eigenvalue weighted by Gasteiger charge is -2.33. The van der Waals surface area contributed by atoms with Crippen LogP contribution in [-0.4, -0.2) is 21.4 Å². The van der Waals surface area contributed by atoms with Crippen LogP contribution in [0.15, 0.2) is 0 Å². The lowest BCUT2D eigenvalue weighted by Crippen LogP contribution is -2.34. The van der Waals surface area contributed by atoms with Gasteiger partial charge in [0.2, 0.25) is 0 Å². The lowest BCUT2D eigenvalue weighted by molar-refractivity contribution is 0.479. The van der Waals surface area contributed by atoms with E-state index in [1.165, 1.54) is 19.2 Å². The van der Waals surface area contributed by atoms with Crippen LogP contribution in [0.2, 0.25) is 12.1 Å². The molecular weight excluding hydrogens is 117 g/mol. The van der Waals surface area contributed by atoms with Crippen LogP contribution in [-0.2, 0) is 0 Å². The van der Waals surface area contributed by atoms with E-state index in [0.717, 1.165) is 18.3 Å². The summed E-state index contributed by atoms with van der Waals surface area (Å²) in [6, 6.07) is 0. The van der Waals surface area contributed by atoms with Crippen molar-refractivity contribution in [3.05, 3.63) is 0 Å². The van der Waals surface area contributed by atoms with E-state index in [1.54, 1.807) is 0 Å². The van der Waals surface area contributed by atoms with Gasteiger partial charge in [0.15, 0.2) is 0 Å². The first-order valence-electron chi connectivity index (χ1n) is 3.97. The zero-order chi connectivity index (χ0) is 7.56. The highest BCUT2D eigenvalue weighted by molar-refractivity contribution is 7.31. The van der Waals surface area contributed by atoms with Crippen molar-refractivity contribution in [2.24, 2.45) is 5.92 Å². The maximum atomic E-state index is 2.64. The molecular formula is C7H17B3-. The first-order valence-corrected chi connectivity index (χ1v) is 3.97. The van der Waals surface area contributed by atoms with Crippen LogP contribution in [0, 0.1) is 5.92 Å². The molecule has 55 valence electrons. The zero-order valence-corrected chi connectivity index (χ0v) is 6.43. The van der Waals surface area contributed by atoms with Crippen molar-refractivity contribution in [3.63, 3.8) is 0 Å². The molecule has 1 aliphatic heterocycles. The van der Waals surface area contributed by atoms with Crippen LogP contribution in [0.5, 0.6) is 0 Å². The highest BCUT2D eigenvalue weighted by Gasteiger charge is 2.25. The summed E-state index contributed by atoms with van der Waals surface area (Å²) in [6.45, 7) is 5.87. The lowest BCUT2D eigenvalue weighted by atomic mass is 9.07. The van der Waals surface area contributed by atoms with E-state index in [0.29, 0.717) is 7.74 Å². The van der Waals surface area contributed by atoms with Crippen molar-refractivity contribution < 1.29 is 0 Å². The third kappa shape index (κ3) is 1.62. The fourth-order valence-corrected chi connectivity index (χ4v) is 1.62. The van der Waals surface area contributed by atoms with Gasteiger partial charge >= 0.3 is 0 Å². The third-order valence-corrected chi connectivity index (χ3v) is 2.77. The fraction of sp³-hybridized carbons (Fsp3) is 1.00. The zero-order valence-electron chi connectivity index (χ0n) is 6.43. The molecule has 0 aromatic carbocycles. The summed E-state index contributed by atoms with van der Waals surface area (Å²) in [7, 11) is 3.19. The Morgan fingerprint density at radius 3 is 2.70 bits per heavy atom. The molecule has 0 aromatic heterocycles. The molecule has 0 N–H and O–H groups in total. The highest BCUT2D eigenvalue weighted by atomic mass is 14.1. The second-order valence-electron chi connectivity index (χ2n) is 3.43. The van der Waals surface area contributed by atoms with Crippen LogP contribution in [0.3, 0.4) is 0 Å². The van der Waals surface area contributed by atoms with E-state index in [-0.39, 0.29) is 0 Å². The van der Waals surface area contributed by atoms with Gasteiger partial charge in [0, 0.05) is 0 Å². The van der Waals surface area contributed by atoms with Crippen molar-refractivity contribution in [1.82, 2.24) is 0 Å². The molecule has 0 bridgehead atoms. The molecule has 10 heavy (non-hydrogen) atoms. The minimum atomic E-state index is 0.546. The van der Waals surface area contributed by atoms with Crippen LogP contribution < -0.4 is 0 Å². The van der Waals surface area contributed by atoms with E-state index in [9.17, 15) is 0 Å². The van der Waals surface area contributed by atoms with Crippen molar-refractivity contribution in [2.75, 3.05) is 0 Å². The predicted octanol–water partition coefficient (Wildman–Crippen LogP) is 0.782. The van der Waals surface area contributed by atoms with Gasteiger partial charge in [-0.05, 0) is 5.92 Å². The first kappa shape index (κ1) is 8.29. The van der Waals surface area contributed by atoms with Gasteiger partial charge in [-0.15, -0.1) is 7.06 Å². The molecule has 3 heteroatoms. The molecule has 0 amide bonds. The molecule has 1 saturated heterocycles. The minimum Gasteiger partial charge on any atom is -0.138 e. The maximum absolute atomic E-state index is 2.64. The quantitative estimate of drug-likeness (QED) is 0.464. The van der Waals surface area contributed by atoms with Gasteiger partial charge in [0.1, 0.15) is 0 Å². The molecule has 1 aliphatic rings. The Kier molecular flexibility index (Phi) is 2.94. The Labute approximate surface area is 66.9 Å². The van der Waals surface area contributed by atoms with E-state index in [1.807, 2.05) is 0 Å². The van der Waals surface area contributed by atoms with Crippen LogP contribution in [0.25, 0.3) is 0 Å². The van der Waals surface area contributed by atoms with Crippen molar-refractivity contribution in [3.8, 4) is 0 Å². The molecule has 0 aliphatic carbocycles. The van der Waals surface area contributed by atoms with E-state index >= 15 is 0 Å². The molecule has 0 saturated carbocycles. The molecule has 0 aromatic rings. The summed E-state index contributed by atoms with van der Waals surface area (Å²) < 4.78 is 0. The highest BCUT2D eigenvalue weighted by Crippen LogP contribution is 2.32. The molecule has 2 atom stereocenters. The number of rotatable bonds is 1. The summed E-state index contributed by atoms with van der Waals surface area (Å²) in [6.07, 6.45) is 4.46. The maximum Gasteiger partial charge on any atom is 0.0619 e. The summed E-state index contributed by atoms with van der Waals surface area (Å²) in [5, 5.41) is 0. The van der Waals surface area contributed by atoms with Gasteiger partial charge in [0.05, 0.1) is 6.60 Å². The smallest absolute Gasteiger partial charge is 0.0619 e. The molecule has 2 unspecified atom stereocenters. The first-order chi connectivity index (χ1) is 4.75. The van der Waals surface area contributed by atoms with Gasteiger partial charge in [0.25, 0.3) is 0 Å². The second kappa shape index (κ2) is 3.55. The van der Waals surface area contributed by atoms with E-state index in [4.69, 9.17) is 0 Å². The van der Waals surface area contributed by atoms with Crippen molar-refractivity contribution in [1.29, 1.82) is 0 Å². The summed E-state index contributed by atoms with van der Waals surface area (Å²) in [4.78, 5) is 0. The van der Waals surface area contributed by atoms with Crippen LogP contribution >= 0.6 is 0 Å². The standard InChI is InChI=1S/C7H17B3/c1-6-4-3-5-10(9-8)7(6)2/h6-7H,3-5H2,1-2,8H3/q-1. The normalized spacial score (nSPS) is 34.1. The third-order valence-electron chi connectivity index (χ3n) is 2.77. The molecule has 1 radical (unpaired) electrons. The minimum absolute atomic E-state index is 0.546. The van der Waals surface area contributed by atoms with Gasteiger partial charge < -0.3 is 0 Å². The van der Waals surface area contributed by atoms with Crippen molar-refractivity contribution >= 4 is 21.4 Å². The number of hydrogen-bond donors (Lipinski definition) is 0. The average Bonchev–Trinajstić information content (AvgIpc) is 1.95. The topological polar surface area (TPSA) is 0 Å². The Bertz CT molecular complexity index is 105. The van der Waals surface area contributed by atoms with E-state index < -0.39 is 0 Å². The Morgan fingerprint density at radius 2 is 2.20 bits per heavy atom. The molecule has 1 rings (SSSR count). The van der Waals surface area contributed by atoms with Crippen molar-refractivity contribution in [2.45, 2.75) is 38.8 Å². The Balaban J connectivity index is 2.42. The Morgan fingerprint density at radius 1 is 1.50 bits per heavy atom. The predicted molar refractivity (Wildman–Crippen MR) is 54.1 cm³/mol. The van der Waals surface area contributed by atoms with Gasteiger partial charge in [-0.25, -0.2) is 0 Å². The second-order valence-corrected chi connectivity index (χ2v) is 3.43. The monoisotopic (exact) mass is 134 g/mol. The van der Waals surface area contributed by atoms with Gasteiger partial charge in [-0.3, -0.25) is 0 Å². The number of hydrogen-bond acceptors (Lipinski definition) is 0.